The van der Waals surface area contributed by atoms with Crippen molar-refractivity contribution in [3.05, 3.63) is 35.4 Å². The van der Waals surface area contributed by atoms with E-state index in [1.165, 1.54) is 12.0 Å². The highest BCUT2D eigenvalue weighted by Crippen LogP contribution is 2.26. The minimum absolute atomic E-state index is 0.0672. The number of likely N-dealkylation sites (tertiary alicyclic amines) is 1. The molecule has 1 aromatic rings. The number of rotatable bonds is 6. The molecule has 0 radical (unpaired) electrons. The Morgan fingerprint density at radius 2 is 1.76 bits per heavy atom. The van der Waals surface area contributed by atoms with Crippen molar-refractivity contribution in [2.24, 2.45) is 5.92 Å². The number of nitrogens with zero attached hydrogens (tertiary/aromatic N) is 1. The zero-order valence-corrected chi connectivity index (χ0v) is 15.1. The van der Waals surface area contributed by atoms with Gasteiger partial charge < -0.3 is 10.6 Å². The number of amides is 2. The van der Waals surface area contributed by atoms with Crippen LogP contribution in [0.2, 0.25) is 0 Å². The van der Waals surface area contributed by atoms with Gasteiger partial charge in [-0.3, -0.25) is 14.5 Å². The number of nitrogens with one attached hydrogen (secondary N) is 2. The van der Waals surface area contributed by atoms with Crippen LogP contribution in [0.15, 0.2) is 24.3 Å². The molecule has 0 bridgehead atoms. The Balaban J connectivity index is 1.33. The fourth-order valence-electron chi connectivity index (χ4n) is 3.39. The molecule has 136 valence electrons. The Labute approximate surface area is 150 Å². The number of hydrogen-bond donors (Lipinski definition) is 2. The molecule has 0 unspecified atom stereocenters. The maximum absolute atomic E-state index is 12.1. The molecule has 1 saturated heterocycles. The van der Waals surface area contributed by atoms with Crippen LogP contribution >= 0.6 is 0 Å². The molecule has 2 aliphatic rings. The van der Waals surface area contributed by atoms with E-state index in [1.807, 2.05) is 12.1 Å². The molecule has 1 aromatic carbocycles. The second-order valence-electron chi connectivity index (χ2n) is 7.45. The van der Waals surface area contributed by atoms with E-state index >= 15 is 0 Å². The van der Waals surface area contributed by atoms with Crippen molar-refractivity contribution >= 4 is 11.8 Å². The molecule has 2 fully saturated rings. The molecule has 0 spiro atoms. The van der Waals surface area contributed by atoms with Crippen molar-refractivity contribution in [3.63, 3.8) is 0 Å². The van der Waals surface area contributed by atoms with Crippen molar-refractivity contribution in [1.82, 2.24) is 15.5 Å². The topological polar surface area (TPSA) is 61.4 Å². The monoisotopic (exact) mass is 343 g/mol. The van der Waals surface area contributed by atoms with Crippen LogP contribution in [0.3, 0.4) is 0 Å². The van der Waals surface area contributed by atoms with Gasteiger partial charge in [0.25, 0.3) is 0 Å². The normalized spacial score (nSPS) is 19.2. The van der Waals surface area contributed by atoms with E-state index in [2.05, 4.69) is 34.6 Å². The van der Waals surface area contributed by atoms with E-state index in [4.69, 9.17) is 0 Å². The third-order valence-electron chi connectivity index (χ3n) is 5.39. The van der Waals surface area contributed by atoms with E-state index in [0.29, 0.717) is 13.1 Å². The van der Waals surface area contributed by atoms with Gasteiger partial charge >= 0.3 is 0 Å². The van der Waals surface area contributed by atoms with E-state index in [1.54, 1.807) is 0 Å². The quantitative estimate of drug-likeness (QED) is 0.830. The van der Waals surface area contributed by atoms with Gasteiger partial charge in [-0.15, -0.1) is 0 Å². The van der Waals surface area contributed by atoms with E-state index < -0.39 is 0 Å². The highest BCUT2D eigenvalue weighted by atomic mass is 16.2. The fourth-order valence-corrected chi connectivity index (χ4v) is 3.39. The van der Waals surface area contributed by atoms with Gasteiger partial charge in [-0.25, -0.2) is 0 Å². The van der Waals surface area contributed by atoms with Crippen LogP contribution in [0.4, 0.5) is 0 Å². The second kappa shape index (κ2) is 8.48. The lowest BCUT2D eigenvalue weighted by molar-refractivity contribution is -0.129. The first-order valence-corrected chi connectivity index (χ1v) is 9.45. The molecule has 1 aliphatic carbocycles. The Kier molecular flexibility index (Phi) is 6.08. The molecule has 0 atom stereocenters. The predicted molar refractivity (Wildman–Crippen MR) is 98.0 cm³/mol. The van der Waals surface area contributed by atoms with Crippen molar-refractivity contribution in [3.8, 4) is 0 Å². The molecule has 1 aliphatic heterocycles. The van der Waals surface area contributed by atoms with Gasteiger partial charge in [0.1, 0.15) is 0 Å². The highest BCUT2D eigenvalue weighted by Gasteiger charge is 2.28. The molecule has 1 saturated carbocycles. The Morgan fingerprint density at radius 1 is 1.08 bits per heavy atom. The van der Waals surface area contributed by atoms with Gasteiger partial charge in [-0.2, -0.15) is 0 Å². The standard InChI is InChI=1S/C20H29N3O2/c1-15-5-7-16(8-6-15)13-21-19(24)14-23-11-9-18(10-12-23)22-20(25)17-3-2-4-17/h5-8,17-18H,2-4,9-14H2,1H3,(H,21,24)(H,22,25). The molecule has 5 nitrogen and oxygen atoms in total. The van der Waals surface area contributed by atoms with Crippen LogP contribution in [-0.2, 0) is 16.1 Å². The average molecular weight is 343 g/mol. The van der Waals surface area contributed by atoms with Gasteiger partial charge in [0.05, 0.1) is 6.54 Å². The first kappa shape index (κ1) is 17.9. The summed E-state index contributed by atoms with van der Waals surface area (Å²) < 4.78 is 0. The Morgan fingerprint density at radius 3 is 2.36 bits per heavy atom. The average Bonchev–Trinajstić information content (AvgIpc) is 2.54. The van der Waals surface area contributed by atoms with E-state index in [9.17, 15) is 9.59 Å². The van der Waals surface area contributed by atoms with Crippen molar-refractivity contribution < 1.29 is 9.59 Å². The predicted octanol–water partition coefficient (Wildman–Crippen LogP) is 1.99. The van der Waals surface area contributed by atoms with Crippen molar-refractivity contribution in [2.75, 3.05) is 19.6 Å². The van der Waals surface area contributed by atoms with Gasteiger partial charge in [0.15, 0.2) is 0 Å². The van der Waals surface area contributed by atoms with Gasteiger partial charge in [0, 0.05) is 31.6 Å². The molecular weight excluding hydrogens is 314 g/mol. The van der Waals surface area contributed by atoms with Crippen molar-refractivity contribution in [2.45, 2.75) is 51.6 Å². The summed E-state index contributed by atoms with van der Waals surface area (Å²) in [5.41, 5.74) is 2.35. The lowest BCUT2D eigenvalue weighted by Gasteiger charge is -2.33. The fraction of sp³-hybridized carbons (Fsp3) is 0.600. The molecule has 2 N–H and O–H groups in total. The Hall–Kier alpha value is -1.88. The third kappa shape index (κ3) is 5.30. The lowest BCUT2D eigenvalue weighted by Crippen LogP contribution is -2.49. The van der Waals surface area contributed by atoms with Crippen LogP contribution < -0.4 is 10.6 Å². The maximum atomic E-state index is 12.1. The largest absolute Gasteiger partial charge is 0.353 e. The van der Waals surface area contributed by atoms with Gasteiger partial charge in [0.2, 0.25) is 11.8 Å². The van der Waals surface area contributed by atoms with Crippen LogP contribution in [-0.4, -0.2) is 42.4 Å². The van der Waals surface area contributed by atoms with Crippen LogP contribution in [0.1, 0.15) is 43.2 Å². The molecule has 5 heteroatoms. The summed E-state index contributed by atoms with van der Waals surface area (Å²) in [6.45, 7) is 4.81. The van der Waals surface area contributed by atoms with Gasteiger partial charge in [-0.05, 0) is 38.2 Å². The number of benzene rings is 1. The molecular formula is C20H29N3O2. The van der Waals surface area contributed by atoms with Crippen molar-refractivity contribution in [1.29, 1.82) is 0 Å². The van der Waals surface area contributed by atoms with Crippen LogP contribution in [0.25, 0.3) is 0 Å². The second-order valence-corrected chi connectivity index (χ2v) is 7.45. The van der Waals surface area contributed by atoms with Crippen LogP contribution in [0, 0.1) is 12.8 Å². The summed E-state index contributed by atoms with van der Waals surface area (Å²) in [6, 6.07) is 8.49. The first-order chi connectivity index (χ1) is 12.1. The smallest absolute Gasteiger partial charge is 0.234 e. The summed E-state index contributed by atoms with van der Waals surface area (Å²) in [4.78, 5) is 26.3. The first-order valence-electron chi connectivity index (χ1n) is 9.45. The SMILES string of the molecule is Cc1ccc(CNC(=O)CN2CCC(NC(=O)C3CCC3)CC2)cc1. The number of carbonyl (C=O) groups is 2. The van der Waals surface area contributed by atoms with E-state index in [-0.39, 0.29) is 23.8 Å². The minimum atomic E-state index is 0.0672. The van der Waals surface area contributed by atoms with E-state index in [0.717, 1.165) is 44.3 Å². The molecule has 1 heterocycles. The number of aryl methyl sites for hydroxylation is 1. The van der Waals surface area contributed by atoms with Crippen LogP contribution in [0.5, 0.6) is 0 Å². The molecule has 0 aromatic heterocycles. The number of piperidine rings is 1. The van der Waals surface area contributed by atoms with Gasteiger partial charge in [-0.1, -0.05) is 36.2 Å². The zero-order chi connectivity index (χ0) is 17.6. The summed E-state index contributed by atoms with van der Waals surface area (Å²) in [6.07, 6.45) is 5.15. The summed E-state index contributed by atoms with van der Waals surface area (Å²) in [7, 11) is 0. The minimum Gasteiger partial charge on any atom is -0.353 e. The maximum Gasteiger partial charge on any atom is 0.234 e. The Bertz CT molecular complexity index is 587. The third-order valence-corrected chi connectivity index (χ3v) is 5.39. The lowest BCUT2D eigenvalue weighted by atomic mass is 9.84. The molecule has 2 amide bonds. The summed E-state index contributed by atoms with van der Waals surface area (Å²) in [5, 5.41) is 6.17. The summed E-state index contributed by atoms with van der Waals surface area (Å²) >= 11 is 0. The number of carbonyl (C=O) groups excluding carboxylic acids is 2. The number of hydrogen-bond acceptors (Lipinski definition) is 3. The molecule has 25 heavy (non-hydrogen) atoms. The zero-order valence-electron chi connectivity index (χ0n) is 15.1. The molecule has 3 rings (SSSR count). The summed E-state index contributed by atoms with van der Waals surface area (Å²) in [5.74, 6) is 0.559. The highest BCUT2D eigenvalue weighted by molar-refractivity contribution is 5.79.